The van der Waals surface area contributed by atoms with Gasteiger partial charge in [0.1, 0.15) is 5.76 Å². The number of aromatic nitrogens is 1. The van der Waals surface area contributed by atoms with E-state index in [1.54, 1.807) is 11.9 Å². The minimum absolute atomic E-state index is 0.000390. The van der Waals surface area contributed by atoms with Crippen LogP contribution in [-0.4, -0.2) is 48.8 Å². The molecule has 1 aliphatic rings. The van der Waals surface area contributed by atoms with Crippen LogP contribution in [0.4, 0.5) is 0 Å². The summed E-state index contributed by atoms with van der Waals surface area (Å²) in [6, 6.07) is 7.86. The van der Waals surface area contributed by atoms with Crippen LogP contribution in [0.5, 0.6) is 0 Å². The Kier molecular flexibility index (Phi) is 6.05. The van der Waals surface area contributed by atoms with Gasteiger partial charge in [0.05, 0.1) is 28.8 Å². The molecule has 154 valence electrons. The fraction of sp³-hybridized carbons (Fsp3) is 0.450. The summed E-state index contributed by atoms with van der Waals surface area (Å²) in [7, 11) is -1.89. The second-order valence-electron chi connectivity index (χ2n) is 7.31. The van der Waals surface area contributed by atoms with Crippen LogP contribution in [0.25, 0.3) is 0 Å². The molecule has 1 amide bonds. The molecule has 0 saturated carbocycles. The number of nitriles is 1. The molecular weight excluding hydrogens is 392 g/mol. The molecule has 1 fully saturated rings. The molecule has 29 heavy (non-hydrogen) atoms. The summed E-state index contributed by atoms with van der Waals surface area (Å²) in [6.07, 6.45) is 0.945. The van der Waals surface area contributed by atoms with Gasteiger partial charge in [-0.3, -0.25) is 4.79 Å². The summed E-state index contributed by atoms with van der Waals surface area (Å²) in [5, 5.41) is 12.8. The van der Waals surface area contributed by atoms with Crippen molar-refractivity contribution < 1.29 is 17.7 Å². The van der Waals surface area contributed by atoms with E-state index in [-0.39, 0.29) is 29.8 Å². The Labute approximate surface area is 170 Å². The number of rotatable bonds is 5. The smallest absolute Gasteiger partial charge is 0.243 e. The molecule has 8 nitrogen and oxygen atoms in total. The first-order valence-corrected chi connectivity index (χ1v) is 10.8. The van der Waals surface area contributed by atoms with Crippen LogP contribution in [0.3, 0.4) is 0 Å². The third-order valence-corrected chi connectivity index (χ3v) is 7.29. The van der Waals surface area contributed by atoms with Gasteiger partial charge in [-0.25, -0.2) is 8.42 Å². The molecule has 1 aliphatic heterocycles. The Morgan fingerprint density at radius 1 is 1.28 bits per heavy atom. The van der Waals surface area contributed by atoms with E-state index in [0.29, 0.717) is 30.7 Å². The number of piperidine rings is 1. The lowest BCUT2D eigenvalue weighted by Gasteiger charge is -2.32. The van der Waals surface area contributed by atoms with E-state index in [9.17, 15) is 13.2 Å². The lowest BCUT2D eigenvalue weighted by molar-refractivity contribution is -0.135. The summed E-state index contributed by atoms with van der Waals surface area (Å²) < 4.78 is 32.2. The predicted molar refractivity (Wildman–Crippen MR) is 105 cm³/mol. The van der Waals surface area contributed by atoms with Gasteiger partial charge >= 0.3 is 0 Å². The molecule has 1 aromatic carbocycles. The van der Waals surface area contributed by atoms with Crippen LogP contribution >= 0.6 is 0 Å². The lowest BCUT2D eigenvalue weighted by Crippen LogP contribution is -2.43. The molecular formula is C20H24N4O4S. The van der Waals surface area contributed by atoms with E-state index in [0.717, 1.165) is 11.3 Å². The van der Waals surface area contributed by atoms with Crippen molar-refractivity contribution in [3.05, 3.63) is 46.8 Å². The Balaban J connectivity index is 1.62. The number of benzene rings is 1. The average Bonchev–Trinajstić information content (AvgIpc) is 3.05. The van der Waals surface area contributed by atoms with Crippen molar-refractivity contribution in [2.45, 2.75) is 38.1 Å². The molecule has 0 aliphatic carbocycles. The summed E-state index contributed by atoms with van der Waals surface area (Å²) in [5.41, 5.74) is 2.08. The van der Waals surface area contributed by atoms with Gasteiger partial charge in [-0.05, 0) is 51.0 Å². The number of carbonyl (C=O) groups is 1. The number of aryl methyl sites for hydroxylation is 2. The predicted octanol–water partition coefficient (Wildman–Crippen LogP) is 2.22. The fourth-order valence-corrected chi connectivity index (χ4v) is 5.02. The van der Waals surface area contributed by atoms with E-state index in [1.165, 1.54) is 28.6 Å². The molecule has 2 heterocycles. The van der Waals surface area contributed by atoms with Crippen molar-refractivity contribution in [3.63, 3.8) is 0 Å². The second-order valence-corrected chi connectivity index (χ2v) is 9.25. The van der Waals surface area contributed by atoms with E-state index < -0.39 is 10.0 Å². The lowest BCUT2D eigenvalue weighted by atomic mass is 9.96. The third-order valence-electron chi connectivity index (χ3n) is 5.38. The van der Waals surface area contributed by atoms with E-state index in [2.05, 4.69) is 5.16 Å². The number of amides is 1. The largest absolute Gasteiger partial charge is 0.361 e. The van der Waals surface area contributed by atoms with Crippen molar-refractivity contribution in [2.75, 3.05) is 20.1 Å². The molecule has 1 aromatic heterocycles. The van der Waals surface area contributed by atoms with Gasteiger partial charge in [0, 0.05) is 31.6 Å². The van der Waals surface area contributed by atoms with Crippen LogP contribution in [0.2, 0.25) is 0 Å². The van der Waals surface area contributed by atoms with Gasteiger partial charge < -0.3 is 9.42 Å². The highest BCUT2D eigenvalue weighted by Crippen LogP contribution is 2.26. The Bertz CT molecular complexity index is 1010. The first kappa shape index (κ1) is 21.0. The molecule has 3 rings (SSSR count). The normalized spacial score (nSPS) is 15.8. The van der Waals surface area contributed by atoms with Gasteiger partial charge in [0.2, 0.25) is 15.9 Å². The highest BCUT2D eigenvalue weighted by molar-refractivity contribution is 7.89. The zero-order valence-corrected chi connectivity index (χ0v) is 17.6. The number of sulfonamides is 1. The highest BCUT2D eigenvalue weighted by atomic mass is 32.2. The van der Waals surface area contributed by atoms with Gasteiger partial charge in [0.15, 0.2) is 0 Å². The molecule has 0 N–H and O–H groups in total. The van der Waals surface area contributed by atoms with Gasteiger partial charge in [0.25, 0.3) is 0 Å². The zero-order chi connectivity index (χ0) is 21.2. The van der Waals surface area contributed by atoms with E-state index >= 15 is 0 Å². The summed E-state index contributed by atoms with van der Waals surface area (Å²) in [4.78, 5) is 14.6. The maximum absolute atomic E-state index is 12.8. The fourth-order valence-electron chi connectivity index (χ4n) is 3.55. The molecule has 9 heteroatoms. The highest BCUT2D eigenvalue weighted by Gasteiger charge is 2.33. The van der Waals surface area contributed by atoms with Crippen LogP contribution in [0.1, 0.15) is 35.4 Å². The molecule has 0 bridgehead atoms. The number of hydrogen-bond donors (Lipinski definition) is 0. The van der Waals surface area contributed by atoms with Crippen LogP contribution in [0, 0.1) is 31.1 Å². The minimum atomic E-state index is -3.63. The molecule has 0 unspecified atom stereocenters. The van der Waals surface area contributed by atoms with Crippen molar-refractivity contribution >= 4 is 15.9 Å². The van der Waals surface area contributed by atoms with E-state index in [1.807, 2.05) is 19.9 Å². The quantitative estimate of drug-likeness (QED) is 0.740. The molecule has 2 aromatic rings. The topological polar surface area (TPSA) is 108 Å². The molecule has 0 atom stereocenters. The van der Waals surface area contributed by atoms with Crippen molar-refractivity contribution in [3.8, 4) is 6.07 Å². The third kappa shape index (κ3) is 4.33. The van der Waals surface area contributed by atoms with Gasteiger partial charge in [-0.15, -0.1) is 0 Å². The molecule has 1 saturated heterocycles. The minimum Gasteiger partial charge on any atom is -0.361 e. The van der Waals surface area contributed by atoms with Crippen molar-refractivity contribution in [1.82, 2.24) is 14.4 Å². The maximum Gasteiger partial charge on any atom is 0.243 e. The molecule has 0 spiro atoms. The first-order valence-electron chi connectivity index (χ1n) is 9.41. The number of nitrogens with zero attached hydrogens (tertiary/aromatic N) is 4. The van der Waals surface area contributed by atoms with Crippen LogP contribution in [-0.2, 0) is 21.4 Å². The monoisotopic (exact) mass is 416 g/mol. The van der Waals surface area contributed by atoms with Crippen molar-refractivity contribution in [1.29, 1.82) is 5.26 Å². The first-order chi connectivity index (χ1) is 13.7. The Hall–Kier alpha value is -2.70. The zero-order valence-electron chi connectivity index (χ0n) is 16.8. The van der Waals surface area contributed by atoms with Crippen LogP contribution in [0.15, 0.2) is 33.7 Å². The summed E-state index contributed by atoms with van der Waals surface area (Å²) >= 11 is 0. The number of hydrogen-bond acceptors (Lipinski definition) is 6. The average molecular weight is 417 g/mol. The van der Waals surface area contributed by atoms with Crippen molar-refractivity contribution in [2.24, 2.45) is 5.92 Å². The Morgan fingerprint density at radius 2 is 1.90 bits per heavy atom. The standard InChI is InChI=1S/C20H24N4O4S/c1-14-19(15(2)28-22-14)13-23(3)20(25)17-8-10-24(11-9-17)29(26,27)18-6-4-16(12-21)5-7-18/h4-7,17H,8-11,13H2,1-3H3. The summed E-state index contributed by atoms with van der Waals surface area (Å²) in [6.45, 7) is 4.66. The maximum atomic E-state index is 12.8. The van der Waals surface area contributed by atoms with Crippen LogP contribution < -0.4 is 0 Å². The van der Waals surface area contributed by atoms with Gasteiger partial charge in [-0.1, -0.05) is 5.16 Å². The Morgan fingerprint density at radius 3 is 2.41 bits per heavy atom. The number of carbonyl (C=O) groups excluding carboxylic acids is 1. The molecule has 0 radical (unpaired) electrons. The second kappa shape index (κ2) is 8.35. The van der Waals surface area contributed by atoms with Gasteiger partial charge in [-0.2, -0.15) is 9.57 Å². The SMILES string of the molecule is Cc1noc(C)c1CN(C)C(=O)C1CCN(S(=O)(=O)c2ccc(C#N)cc2)CC1. The summed E-state index contributed by atoms with van der Waals surface area (Å²) in [5.74, 6) is 0.485. The van der Waals surface area contributed by atoms with E-state index in [4.69, 9.17) is 9.78 Å².